The molecule has 0 heterocycles. The van der Waals surface area contributed by atoms with Crippen LogP contribution in [0.2, 0.25) is 0 Å². The molecular weight excluding hydrogens is 401 g/mol. The van der Waals surface area contributed by atoms with Crippen molar-refractivity contribution in [3.8, 4) is 0 Å². The smallest absolute Gasteiger partial charge is 0.197 e. The van der Waals surface area contributed by atoms with Crippen molar-refractivity contribution in [2.75, 3.05) is 23.9 Å². The Labute approximate surface area is 141 Å². The largest absolute Gasteiger partial charge is 0.369 e. The van der Waals surface area contributed by atoms with Gasteiger partial charge in [0.2, 0.25) is 0 Å². The van der Waals surface area contributed by atoms with Crippen LogP contribution < -0.4 is 16.0 Å². The summed E-state index contributed by atoms with van der Waals surface area (Å²) in [6, 6.07) is 11.1. The molecule has 0 aliphatic carbocycles. The lowest BCUT2D eigenvalue weighted by Gasteiger charge is -2.18. The van der Waals surface area contributed by atoms with Gasteiger partial charge in [-0.05, 0) is 59.0 Å². The minimum Gasteiger partial charge on any atom is -0.369 e. The summed E-state index contributed by atoms with van der Waals surface area (Å²) in [7, 11) is 1.79. The van der Waals surface area contributed by atoms with Gasteiger partial charge in [-0.15, -0.1) is 0 Å². The number of aliphatic imine (C=N–C) groups is 1. The van der Waals surface area contributed by atoms with Gasteiger partial charge in [0, 0.05) is 22.4 Å². The van der Waals surface area contributed by atoms with E-state index >= 15 is 0 Å². The lowest BCUT2D eigenvalue weighted by Crippen LogP contribution is -2.34. The third-order valence-corrected chi connectivity index (χ3v) is 3.72. The van der Waals surface area contributed by atoms with Crippen LogP contribution in [0.3, 0.4) is 0 Å². The zero-order chi connectivity index (χ0) is 16.1. The standard InChI is InChI=1S/C15H15F2IN4/c1-22(12-5-3-11(18)4-6-12)15(19)21-9-20-14-7-2-10(16)8-13(14)17/h2-8,20H,9H2,1H3,(H2,19,21). The summed E-state index contributed by atoms with van der Waals surface area (Å²) in [4.78, 5) is 5.85. The summed E-state index contributed by atoms with van der Waals surface area (Å²) in [6.45, 7) is 0.0864. The minimum atomic E-state index is -0.667. The Hall–Kier alpha value is -1.90. The molecule has 22 heavy (non-hydrogen) atoms. The number of anilines is 2. The van der Waals surface area contributed by atoms with E-state index in [1.165, 1.54) is 12.1 Å². The Morgan fingerprint density at radius 3 is 2.55 bits per heavy atom. The number of guanidine groups is 1. The highest BCUT2D eigenvalue weighted by Gasteiger charge is 2.05. The van der Waals surface area contributed by atoms with Crippen molar-refractivity contribution in [1.29, 1.82) is 0 Å². The Balaban J connectivity index is 1.98. The monoisotopic (exact) mass is 416 g/mol. The van der Waals surface area contributed by atoms with Crippen molar-refractivity contribution >= 4 is 39.9 Å². The molecule has 0 spiro atoms. The second kappa shape index (κ2) is 7.39. The highest BCUT2D eigenvalue weighted by Crippen LogP contribution is 2.16. The van der Waals surface area contributed by atoms with E-state index in [9.17, 15) is 8.78 Å². The Kier molecular flexibility index (Phi) is 5.53. The number of benzene rings is 2. The van der Waals surface area contributed by atoms with Gasteiger partial charge in [-0.2, -0.15) is 0 Å². The topological polar surface area (TPSA) is 53.6 Å². The number of nitrogens with zero attached hydrogens (tertiary/aromatic N) is 2. The third kappa shape index (κ3) is 4.30. The van der Waals surface area contributed by atoms with Crippen LogP contribution in [-0.4, -0.2) is 19.7 Å². The van der Waals surface area contributed by atoms with Crippen molar-refractivity contribution in [2.45, 2.75) is 0 Å². The fraction of sp³-hybridized carbons (Fsp3) is 0.133. The molecule has 0 saturated carbocycles. The number of nitrogens with one attached hydrogen (secondary N) is 1. The first-order valence-electron chi connectivity index (χ1n) is 6.45. The number of hydrogen-bond acceptors (Lipinski definition) is 2. The molecule has 0 amide bonds. The van der Waals surface area contributed by atoms with Crippen LogP contribution in [0.1, 0.15) is 0 Å². The Bertz CT molecular complexity index is 674. The molecule has 0 radical (unpaired) electrons. The van der Waals surface area contributed by atoms with Crippen molar-refractivity contribution in [3.63, 3.8) is 0 Å². The molecule has 0 fully saturated rings. The SMILES string of the molecule is CN(C(N)=NCNc1ccc(F)cc1F)c1ccc(I)cc1. The van der Waals surface area contributed by atoms with E-state index in [4.69, 9.17) is 5.73 Å². The lowest BCUT2D eigenvalue weighted by atomic mass is 10.3. The summed E-state index contributed by atoms with van der Waals surface area (Å²) in [5.41, 5.74) is 6.97. The maximum atomic E-state index is 13.4. The van der Waals surface area contributed by atoms with E-state index in [1.807, 2.05) is 24.3 Å². The lowest BCUT2D eigenvalue weighted by molar-refractivity contribution is 0.585. The van der Waals surface area contributed by atoms with E-state index in [0.717, 1.165) is 15.3 Å². The molecule has 4 nitrogen and oxygen atoms in total. The van der Waals surface area contributed by atoms with E-state index < -0.39 is 11.6 Å². The molecule has 0 atom stereocenters. The van der Waals surface area contributed by atoms with Gasteiger partial charge < -0.3 is 16.0 Å². The molecule has 2 aromatic rings. The summed E-state index contributed by atoms with van der Waals surface area (Å²) in [5, 5.41) is 2.75. The maximum Gasteiger partial charge on any atom is 0.197 e. The molecule has 3 N–H and O–H groups in total. The predicted octanol–water partition coefficient (Wildman–Crippen LogP) is 3.39. The maximum absolute atomic E-state index is 13.4. The molecule has 0 unspecified atom stereocenters. The average molecular weight is 416 g/mol. The van der Waals surface area contributed by atoms with Gasteiger partial charge in [0.05, 0.1) is 5.69 Å². The molecule has 0 saturated heterocycles. The van der Waals surface area contributed by atoms with E-state index in [2.05, 4.69) is 32.9 Å². The Morgan fingerprint density at radius 2 is 1.91 bits per heavy atom. The van der Waals surface area contributed by atoms with Gasteiger partial charge in [-0.1, -0.05) is 0 Å². The number of halogens is 3. The molecule has 2 aromatic carbocycles. The quantitative estimate of drug-likeness (QED) is 0.457. The molecule has 0 aliphatic heterocycles. The molecule has 2 rings (SSSR count). The zero-order valence-corrected chi connectivity index (χ0v) is 14.0. The van der Waals surface area contributed by atoms with Gasteiger partial charge in [0.15, 0.2) is 5.96 Å². The predicted molar refractivity (Wildman–Crippen MR) is 94.0 cm³/mol. The summed E-state index contributed by atoms with van der Waals surface area (Å²) in [5.74, 6) is -1.000. The van der Waals surface area contributed by atoms with Crippen LogP contribution in [0.15, 0.2) is 47.5 Å². The summed E-state index contributed by atoms with van der Waals surface area (Å²) < 4.78 is 27.4. The van der Waals surface area contributed by atoms with Gasteiger partial charge in [0.25, 0.3) is 0 Å². The first kappa shape index (κ1) is 16.5. The zero-order valence-electron chi connectivity index (χ0n) is 11.9. The van der Waals surface area contributed by atoms with Crippen molar-refractivity contribution in [3.05, 3.63) is 57.7 Å². The third-order valence-electron chi connectivity index (χ3n) is 3.00. The van der Waals surface area contributed by atoms with Crippen molar-refractivity contribution in [2.24, 2.45) is 10.7 Å². The molecule has 7 heteroatoms. The normalized spacial score (nSPS) is 11.4. The van der Waals surface area contributed by atoms with Crippen LogP contribution >= 0.6 is 22.6 Å². The van der Waals surface area contributed by atoms with Crippen molar-refractivity contribution in [1.82, 2.24) is 0 Å². The highest BCUT2D eigenvalue weighted by molar-refractivity contribution is 14.1. The van der Waals surface area contributed by atoms with Crippen LogP contribution in [-0.2, 0) is 0 Å². The molecular formula is C15H15F2IN4. The second-order valence-electron chi connectivity index (χ2n) is 4.51. The second-order valence-corrected chi connectivity index (χ2v) is 5.76. The first-order valence-corrected chi connectivity index (χ1v) is 7.53. The van der Waals surface area contributed by atoms with Crippen LogP contribution in [0.5, 0.6) is 0 Å². The van der Waals surface area contributed by atoms with Crippen LogP contribution in [0.25, 0.3) is 0 Å². The fourth-order valence-corrected chi connectivity index (χ4v) is 2.10. The first-order chi connectivity index (χ1) is 10.5. The van der Waals surface area contributed by atoms with Gasteiger partial charge in [-0.3, -0.25) is 0 Å². The van der Waals surface area contributed by atoms with Crippen LogP contribution in [0, 0.1) is 15.2 Å². The van der Waals surface area contributed by atoms with Crippen LogP contribution in [0.4, 0.5) is 20.2 Å². The number of hydrogen-bond donors (Lipinski definition) is 2. The fourth-order valence-electron chi connectivity index (χ4n) is 1.74. The van der Waals surface area contributed by atoms with E-state index in [1.54, 1.807) is 11.9 Å². The van der Waals surface area contributed by atoms with Gasteiger partial charge in [0.1, 0.15) is 18.3 Å². The molecule has 0 aliphatic rings. The highest BCUT2D eigenvalue weighted by atomic mass is 127. The van der Waals surface area contributed by atoms with Gasteiger partial charge in [-0.25, -0.2) is 13.8 Å². The molecule has 116 valence electrons. The van der Waals surface area contributed by atoms with E-state index in [0.29, 0.717) is 0 Å². The summed E-state index contributed by atoms with van der Waals surface area (Å²) in [6.07, 6.45) is 0. The molecule has 0 bridgehead atoms. The Morgan fingerprint density at radius 1 is 1.23 bits per heavy atom. The summed E-state index contributed by atoms with van der Waals surface area (Å²) >= 11 is 2.22. The molecule has 0 aromatic heterocycles. The number of rotatable bonds is 4. The van der Waals surface area contributed by atoms with Crippen molar-refractivity contribution < 1.29 is 8.78 Å². The number of nitrogens with two attached hydrogens (primary N) is 1. The van der Waals surface area contributed by atoms with E-state index in [-0.39, 0.29) is 18.3 Å². The average Bonchev–Trinajstić information content (AvgIpc) is 2.49. The minimum absolute atomic E-state index is 0.0864. The van der Waals surface area contributed by atoms with Gasteiger partial charge >= 0.3 is 0 Å².